The van der Waals surface area contributed by atoms with Gasteiger partial charge in [-0.15, -0.1) is 0 Å². The summed E-state index contributed by atoms with van der Waals surface area (Å²) in [6.07, 6.45) is -2.19. The van der Waals surface area contributed by atoms with Gasteiger partial charge in [0, 0.05) is 23.4 Å². The molecule has 0 aromatic heterocycles. The third kappa shape index (κ3) is 7.80. The molecular weight excluding hydrogens is 445 g/mol. The minimum absolute atomic E-state index is 0.273. The van der Waals surface area contributed by atoms with Gasteiger partial charge in [-0.1, -0.05) is 45.9 Å². The number of ether oxygens (including phenoxy) is 1. The molecule has 5 nitrogen and oxygen atoms in total. The number of phenolic OH excluding ortho intramolecular Hbond substituents is 1. The molecule has 0 fully saturated rings. The van der Waals surface area contributed by atoms with E-state index in [0.717, 1.165) is 22.9 Å². The molecular formula is C26H35F3N2O3. The molecule has 1 atom stereocenters. The number of hydrogen-bond donors (Lipinski definition) is 4. The summed E-state index contributed by atoms with van der Waals surface area (Å²) in [5, 5.41) is 30.6. The number of halogens is 3. The predicted octanol–water partition coefficient (Wildman–Crippen LogP) is 6.88. The first kappa shape index (κ1) is 29.0. The van der Waals surface area contributed by atoms with Crippen molar-refractivity contribution in [2.75, 3.05) is 18.5 Å². The van der Waals surface area contributed by atoms with Crippen molar-refractivity contribution >= 4 is 17.5 Å². The lowest BCUT2D eigenvalue weighted by atomic mass is 10.00. The number of aromatic hydroxyl groups is 1. The topological polar surface area (TPSA) is 85.6 Å². The molecule has 0 aliphatic carbocycles. The SMILES string of the molecule is C=Cc1cc(C(C)O)ccc1NCCCOc1ccc(C(=N)C(F)(F)F)c(O)c1CCC.CC. The molecule has 0 amide bonds. The van der Waals surface area contributed by atoms with Crippen LogP contribution < -0.4 is 10.1 Å². The quantitative estimate of drug-likeness (QED) is 0.209. The van der Waals surface area contributed by atoms with Gasteiger partial charge in [0.1, 0.15) is 17.2 Å². The van der Waals surface area contributed by atoms with Gasteiger partial charge in [-0.25, -0.2) is 0 Å². The Labute approximate surface area is 199 Å². The molecule has 0 bridgehead atoms. The summed E-state index contributed by atoms with van der Waals surface area (Å²) in [5.41, 5.74) is 0.662. The van der Waals surface area contributed by atoms with Crippen molar-refractivity contribution < 1.29 is 28.1 Å². The summed E-state index contributed by atoms with van der Waals surface area (Å²) in [6.45, 7) is 12.2. The van der Waals surface area contributed by atoms with Crippen LogP contribution in [0.2, 0.25) is 0 Å². The molecule has 0 aliphatic heterocycles. The van der Waals surface area contributed by atoms with Crippen molar-refractivity contribution in [1.29, 1.82) is 5.41 Å². The largest absolute Gasteiger partial charge is 0.507 e. The highest BCUT2D eigenvalue weighted by atomic mass is 19.4. The number of aliphatic hydroxyl groups excluding tert-OH is 1. The van der Waals surface area contributed by atoms with Gasteiger partial charge < -0.3 is 20.3 Å². The summed E-state index contributed by atoms with van der Waals surface area (Å²) in [6, 6.07) is 7.99. The van der Waals surface area contributed by atoms with Gasteiger partial charge in [-0.2, -0.15) is 13.2 Å². The van der Waals surface area contributed by atoms with E-state index >= 15 is 0 Å². The van der Waals surface area contributed by atoms with E-state index in [0.29, 0.717) is 31.6 Å². The molecule has 4 N–H and O–H groups in total. The number of benzene rings is 2. The first-order valence-electron chi connectivity index (χ1n) is 11.4. The number of alkyl halides is 3. The van der Waals surface area contributed by atoms with Crippen LogP contribution in [0.5, 0.6) is 11.5 Å². The van der Waals surface area contributed by atoms with E-state index in [1.165, 1.54) is 6.07 Å². The van der Waals surface area contributed by atoms with Gasteiger partial charge in [0.2, 0.25) is 0 Å². The molecule has 0 saturated carbocycles. The molecule has 2 aromatic carbocycles. The van der Waals surface area contributed by atoms with Gasteiger partial charge in [-0.05, 0) is 55.2 Å². The van der Waals surface area contributed by atoms with Gasteiger partial charge in [0.15, 0.2) is 0 Å². The maximum Gasteiger partial charge on any atom is 0.433 e. The van der Waals surface area contributed by atoms with Crippen LogP contribution in [0.3, 0.4) is 0 Å². The molecule has 0 aliphatic rings. The lowest BCUT2D eigenvalue weighted by Gasteiger charge is -2.17. The fourth-order valence-electron chi connectivity index (χ4n) is 3.25. The van der Waals surface area contributed by atoms with Crippen molar-refractivity contribution in [3.8, 4) is 11.5 Å². The molecule has 0 saturated heterocycles. The molecule has 0 heterocycles. The van der Waals surface area contributed by atoms with Gasteiger partial charge in [0.25, 0.3) is 0 Å². The number of aliphatic hydroxyl groups is 1. The fourth-order valence-corrected chi connectivity index (χ4v) is 3.25. The number of nitrogens with one attached hydrogen (secondary N) is 2. The normalized spacial score (nSPS) is 11.8. The minimum atomic E-state index is -4.84. The highest BCUT2D eigenvalue weighted by Gasteiger charge is 2.37. The zero-order chi connectivity index (χ0) is 25.9. The van der Waals surface area contributed by atoms with Crippen LogP contribution in [-0.4, -0.2) is 35.3 Å². The minimum Gasteiger partial charge on any atom is -0.507 e. The van der Waals surface area contributed by atoms with E-state index in [4.69, 9.17) is 10.1 Å². The zero-order valence-corrected chi connectivity index (χ0v) is 20.2. The second kappa shape index (κ2) is 13.6. The van der Waals surface area contributed by atoms with Gasteiger partial charge >= 0.3 is 6.18 Å². The number of anilines is 1. The Morgan fingerprint density at radius 2 is 1.91 bits per heavy atom. The van der Waals surface area contributed by atoms with Crippen LogP contribution in [0.4, 0.5) is 18.9 Å². The fraction of sp³-hybridized carbons (Fsp3) is 0.423. The van der Waals surface area contributed by atoms with Gasteiger partial charge in [-0.3, -0.25) is 5.41 Å². The number of hydrogen-bond acceptors (Lipinski definition) is 5. The van der Waals surface area contributed by atoms with Crippen molar-refractivity contribution in [2.45, 2.75) is 59.2 Å². The lowest BCUT2D eigenvalue weighted by Crippen LogP contribution is -2.23. The number of phenols is 1. The first-order chi connectivity index (χ1) is 16.1. The van der Waals surface area contributed by atoms with Crippen molar-refractivity contribution in [1.82, 2.24) is 0 Å². The summed E-state index contributed by atoms with van der Waals surface area (Å²) in [5.74, 6) is -0.241. The van der Waals surface area contributed by atoms with E-state index in [1.54, 1.807) is 13.0 Å². The lowest BCUT2D eigenvalue weighted by molar-refractivity contribution is -0.0588. The third-order valence-electron chi connectivity index (χ3n) is 4.96. The van der Waals surface area contributed by atoms with Crippen molar-refractivity contribution in [2.24, 2.45) is 0 Å². The van der Waals surface area contributed by atoms with Gasteiger partial charge in [0.05, 0.1) is 12.7 Å². The summed E-state index contributed by atoms with van der Waals surface area (Å²) in [7, 11) is 0. The Kier molecular flexibility index (Phi) is 11.7. The highest BCUT2D eigenvalue weighted by molar-refractivity contribution is 6.04. The highest BCUT2D eigenvalue weighted by Crippen LogP contribution is 2.36. The molecule has 2 rings (SSSR count). The maximum absolute atomic E-state index is 12.9. The zero-order valence-electron chi connectivity index (χ0n) is 20.2. The van der Waals surface area contributed by atoms with E-state index in [9.17, 15) is 23.4 Å². The Bertz CT molecular complexity index is 957. The second-order valence-electron chi connectivity index (χ2n) is 7.42. The molecule has 8 heteroatoms. The summed E-state index contributed by atoms with van der Waals surface area (Å²) in [4.78, 5) is 0. The summed E-state index contributed by atoms with van der Waals surface area (Å²) < 4.78 is 44.4. The molecule has 0 radical (unpaired) electrons. The van der Waals surface area contributed by atoms with Crippen LogP contribution in [0.1, 0.15) is 68.9 Å². The first-order valence-corrected chi connectivity index (χ1v) is 11.4. The molecule has 188 valence electrons. The van der Waals surface area contributed by atoms with E-state index < -0.39 is 29.3 Å². The van der Waals surface area contributed by atoms with Crippen LogP contribution in [0.25, 0.3) is 6.08 Å². The summed E-state index contributed by atoms with van der Waals surface area (Å²) >= 11 is 0. The van der Waals surface area contributed by atoms with Crippen LogP contribution in [0, 0.1) is 5.41 Å². The van der Waals surface area contributed by atoms with E-state index in [2.05, 4.69) is 11.9 Å². The Morgan fingerprint density at radius 3 is 2.47 bits per heavy atom. The Morgan fingerprint density at radius 1 is 1.24 bits per heavy atom. The monoisotopic (exact) mass is 480 g/mol. The standard InChI is InChI=1S/C24H29F3N2O3.C2H6/c1-4-7-18-21(11-9-19(22(18)31)23(28)24(25,26)27)32-13-6-12-29-20-10-8-17(15(3)30)14-16(20)5-2;1-2/h5,8-11,14-15,28-31H,2,4,6-7,12-13H2,1,3H3;1-2H3. The van der Waals surface area contributed by atoms with Crippen LogP contribution in [-0.2, 0) is 6.42 Å². The maximum atomic E-state index is 12.9. The third-order valence-corrected chi connectivity index (χ3v) is 4.96. The van der Waals surface area contributed by atoms with Crippen LogP contribution >= 0.6 is 0 Å². The molecule has 34 heavy (non-hydrogen) atoms. The number of rotatable bonds is 11. The average Bonchev–Trinajstić information content (AvgIpc) is 2.81. The smallest absolute Gasteiger partial charge is 0.433 e. The van der Waals surface area contributed by atoms with E-state index in [1.807, 2.05) is 39.0 Å². The van der Waals surface area contributed by atoms with Crippen LogP contribution in [0.15, 0.2) is 36.9 Å². The van der Waals surface area contributed by atoms with E-state index in [-0.39, 0.29) is 12.2 Å². The Balaban J connectivity index is 0.00000281. The van der Waals surface area contributed by atoms with Crippen molar-refractivity contribution in [3.05, 3.63) is 59.2 Å². The molecule has 0 spiro atoms. The van der Waals surface area contributed by atoms with Crippen molar-refractivity contribution in [3.63, 3.8) is 0 Å². The predicted molar refractivity (Wildman–Crippen MR) is 132 cm³/mol. The molecule has 2 aromatic rings. The Hall–Kier alpha value is -3.00. The molecule has 1 unspecified atom stereocenters. The average molecular weight is 481 g/mol. The second-order valence-corrected chi connectivity index (χ2v) is 7.42.